The third-order valence-electron chi connectivity index (χ3n) is 2.13. The molecule has 0 saturated heterocycles. The van der Waals surface area contributed by atoms with Crippen molar-refractivity contribution in [3.63, 3.8) is 0 Å². The van der Waals surface area contributed by atoms with Crippen molar-refractivity contribution in [1.29, 1.82) is 0 Å². The molecular weight excluding hydrogens is 196 g/mol. The fourth-order valence-corrected chi connectivity index (χ4v) is 1.34. The average molecular weight is 206 g/mol. The van der Waals surface area contributed by atoms with Gasteiger partial charge in [0.2, 0.25) is 0 Å². The number of rotatable bonds is 1. The summed E-state index contributed by atoms with van der Waals surface area (Å²) in [5.74, 6) is 0. The molecule has 0 amide bonds. The molecule has 0 saturated carbocycles. The van der Waals surface area contributed by atoms with E-state index < -0.39 is 0 Å². The lowest BCUT2D eigenvalue weighted by molar-refractivity contribution is 0.381. The van der Waals surface area contributed by atoms with Crippen molar-refractivity contribution in [2.75, 3.05) is 7.11 Å². The molecule has 2 heterocycles. The first-order valence-electron chi connectivity index (χ1n) is 4.38. The molecule has 0 spiro atoms. The van der Waals surface area contributed by atoms with Crippen molar-refractivity contribution in [2.24, 2.45) is 7.05 Å². The maximum atomic E-state index is 11.6. The minimum atomic E-state index is -0.164. The molecule has 0 aromatic carbocycles. The van der Waals surface area contributed by atoms with Crippen molar-refractivity contribution in [3.05, 3.63) is 22.2 Å². The zero-order chi connectivity index (χ0) is 11.0. The Morgan fingerprint density at radius 2 is 2.13 bits per heavy atom. The van der Waals surface area contributed by atoms with E-state index in [1.807, 2.05) is 0 Å². The van der Waals surface area contributed by atoms with Gasteiger partial charge in [-0.2, -0.15) is 4.98 Å². The van der Waals surface area contributed by atoms with Crippen molar-refractivity contribution in [3.8, 4) is 6.01 Å². The molecule has 15 heavy (non-hydrogen) atoms. The Hall–Kier alpha value is -1.98. The molecule has 0 bridgehead atoms. The number of aromatic nitrogens is 4. The molecule has 0 aliphatic carbocycles. The van der Waals surface area contributed by atoms with Crippen molar-refractivity contribution in [1.82, 2.24) is 19.5 Å². The highest BCUT2D eigenvalue weighted by molar-refractivity contribution is 5.69. The Morgan fingerprint density at radius 1 is 1.40 bits per heavy atom. The van der Waals surface area contributed by atoms with Gasteiger partial charge in [0, 0.05) is 7.05 Å². The van der Waals surface area contributed by atoms with Gasteiger partial charge in [0.05, 0.1) is 13.3 Å². The lowest BCUT2D eigenvalue weighted by Gasteiger charge is -2.05. The standard InChI is InChI=1S/C9H10N4O2/c1-5-8(14)13(2)7-6(11-5)4-10-9(12-7)15-3/h4H,1-3H3. The first kappa shape index (κ1) is 9.57. The van der Waals surface area contributed by atoms with Crippen LogP contribution in [0.1, 0.15) is 5.69 Å². The van der Waals surface area contributed by atoms with Gasteiger partial charge >= 0.3 is 6.01 Å². The van der Waals surface area contributed by atoms with Gasteiger partial charge in [-0.25, -0.2) is 9.97 Å². The molecule has 6 heteroatoms. The lowest BCUT2D eigenvalue weighted by Crippen LogP contribution is -2.22. The van der Waals surface area contributed by atoms with Gasteiger partial charge in [-0.15, -0.1) is 0 Å². The fraction of sp³-hybridized carbons (Fsp3) is 0.333. The molecule has 0 radical (unpaired) electrons. The Bertz CT molecular complexity index is 576. The molecule has 2 aromatic heterocycles. The zero-order valence-electron chi connectivity index (χ0n) is 8.68. The number of methoxy groups -OCH3 is 1. The van der Waals surface area contributed by atoms with Crippen LogP contribution in [0, 0.1) is 6.92 Å². The Kier molecular flexibility index (Phi) is 2.11. The second-order valence-electron chi connectivity index (χ2n) is 3.13. The summed E-state index contributed by atoms with van der Waals surface area (Å²) >= 11 is 0. The van der Waals surface area contributed by atoms with E-state index in [-0.39, 0.29) is 11.6 Å². The number of aryl methyl sites for hydroxylation is 2. The van der Waals surface area contributed by atoms with Crippen LogP contribution in [0.4, 0.5) is 0 Å². The minimum Gasteiger partial charge on any atom is -0.467 e. The van der Waals surface area contributed by atoms with Crippen molar-refractivity contribution in [2.45, 2.75) is 6.92 Å². The van der Waals surface area contributed by atoms with E-state index >= 15 is 0 Å². The SMILES string of the molecule is COc1ncc2nc(C)c(=O)n(C)c2n1. The van der Waals surface area contributed by atoms with Crippen LogP contribution in [0.3, 0.4) is 0 Å². The Labute approximate surface area is 85.6 Å². The van der Waals surface area contributed by atoms with Crippen LogP contribution in [-0.2, 0) is 7.05 Å². The van der Waals surface area contributed by atoms with Gasteiger partial charge in [-0.3, -0.25) is 9.36 Å². The smallest absolute Gasteiger partial charge is 0.318 e. The first-order valence-corrected chi connectivity index (χ1v) is 4.38. The molecular formula is C9H10N4O2. The lowest BCUT2D eigenvalue weighted by atomic mass is 10.4. The highest BCUT2D eigenvalue weighted by Gasteiger charge is 2.07. The number of hydrogen-bond acceptors (Lipinski definition) is 5. The number of hydrogen-bond donors (Lipinski definition) is 0. The third-order valence-corrected chi connectivity index (χ3v) is 2.13. The second kappa shape index (κ2) is 3.30. The largest absolute Gasteiger partial charge is 0.467 e. The number of fused-ring (bicyclic) bond motifs is 1. The van der Waals surface area contributed by atoms with E-state index in [9.17, 15) is 4.79 Å². The molecule has 78 valence electrons. The van der Waals surface area contributed by atoms with Gasteiger partial charge in [0.15, 0.2) is 5.65 Å². The van der Waals surface area contributed by atoms with E-state index in [0.29, 0.717) is 16.9 Å². The maximum Gasteiger partial charge on any atom is 0.318 e. The van der Waals surface area contributed by atoms with Crippen LogP contribution in [-0.4, -0.2) is 26.6 Å². The van der Waals surface area contributed by atoms with Gasteiger partial charge in [-0.1, -0.05) is 0 Å². The van der Waals surface area contributed by atoms with Gasteiger partial charge in [0.1, 0.15) is 11.2 Å². The van der Waals surface area contributed by atoms with E-state index in [2.05, 4.69) is 15.0 Å². The maximum absolute atomic E-state index is 11.6. The first-order chi connectivity index (χ1) is 7.13. The Balaban J connectivity index is 2.88. The van der Waals surface area contributed by atoms with E-state index in [0.717, 1.165) is 0 Å². The summed E-state index contributed by atoms with van der Waals surface area (Å²) in [6, 6.07) is 0.225. The minimum absolute atomic E-state index is 0.164. The van der Waals surface area contributed by atoms with Crippen LogP contribution in [0.2, 0.25) is 0 Å². The van der Waals surface area contributed by atoms with E-state index in [1.165, 1.54) is 17.9 Å². The van der Waals surface area contributed by atoms with E-state index in [4.69, 9.17) is 4.74 Å². The summed E-state index contributed by atoms with van der Waals surface area (Å²) < 4.78 is 6.31. The summed E-state index contributed by atoms with van der Waals surface area (Å²) in [7, 11) is 3.12. The monoisotopic (exact) mass is 206 g/mol. The summed E-state index contributed by atoms with van der Waals surface area (Å²) in [6.45, 7) is 1.66. The molecule has 0 aliphatic heterocycles. The second-order valence-corrected chi connectivity index (χ2v) is 3.13. The molecule has 0 fully saturated rings. The number of ether oxygens (including phenoxy) is 1. The van der Waals surface area contributed by atoms with Crippen molar-refractivity contribution < 1.29 is 4.74 Å². The normalized spacial score (nSPS) is 10.6. The molecule has 0 N–H and O–H groups in total. The molecule has 0 unspecified atom stereocenters. The fourth-order valence-electron chi connectivity index (χ4n) is 1.34. The number of nitrogens with zero attached hydrogens (tertiary/aromatic N) is 4. The van der Waals surface area contributed by atoms with Gasteiger partial charge in [-0.05, 0) is 6.92 Å². The average Bonchev–Trinajstić information content (AvgIpc) is 2.26. The van der Waals surface area contributed by atoms with Gasteiger partial charge < -0.3 is 4.74 Å². The Morgan fingerprint density at radius 3 is 2.80 bits per heavy atom. The predicted molar refractivity (Wildman–Crippen MR) is 53.9 cm³/mol. The molecule has 6 nitrogen and oxygen atoms in total. The highest BCUT2D eigenvalue weighted by Crippen LogP contribution is 2.08. The molecule has 2 aromatic rings. The zero-order valence-corrected chi connectivity index (χ0v) is 8.68. The highest BCUT2D eigenvalue weighted by atomic mass is 16.5. The summed E-state index contributed by atoms with van der Waals surface area (Å²) in [5.41, 5.74) is 1.31. The quantitative estimate of drug-likeness (QED) is 0.658. The summed E-state index contributed by atoms with van der Waals surface area (Å²) in [6.07, 6.45) is 1.54. The molecule has 2 rings (SSSR count). The van der Waals surface area contributed by atoms with E-state index in [1.54, 1.807) is 14.0 Å². The third kappa shape index (κ3) is 1.43. The topological polar surface area (TPSA) is 69.9 Å². The summed E-state index contributed by atoms with van der Waals surface area (Å²) in [4.78, 5) is 23.7. The van der Waals surface area contributed by atoms with Crippen LogP contribution in [0.25, 0.3) is 11.2 Å². The van der Waals surface area contributed by atoms with Gasteiger partial charge in [0.25, 0.3) is 5.56 Å². The molecule has 0 atom stereocenters. The van der Waals surface area contributed by atoms with Crippen LogP contribution in [0.15, 0.2) is 11.0 Å². The van der Waals surface area contributed by atoms with Crippen molar-refractivity contribution >= 4 is 11.2 Å². The summed E-state index contributed by atoms with van der Waals surface area (Å²) in [5, 5.41) is 0. The van der Waals surface area contributed by atoms with Crippen LogP contribution >= 0.6 is 0 Å². The van der Waals surface area contributed by atoms with Crippen LogP contribution < -0.4 is 10.3 Å². The van der Waals surface area contributed by atoms with Crippen LogP contribution in [0.5, 0.6) is 6.01 Å². The molecule has 0 aliphatic rings. The predicted octanol–water partition coefficient (Wildman–Crippen LogP) is 0.0405.